The molecule has 5 heteroatoms. The molecule has 20 heavy (non-hydrogen) atoms. The van der Waals surface area contributed by atoms with Crippen molar-refractivity contribution in [3.05, 3.63) is 36.7 Å². The van der Waals surface area contributed by atoms with E-state index in [4.69, 9.17) is 0 Å². The van der Waals surface area contributed by atoms with Gasteiger partial charge in [0.05, 0.1) is 11.9 Å². The molecule has 0 unspecified atom stereocenters. The van der Waals surface area contributed by atoms with Crippen LogP contribution < -0.4 is 4.90 Å². The number of piperazine rings is 1. The zero-order valence-corrected chi connectivity index (χ0v) is 12.2. The maximum absolute atomic E-state index is 12.0. The van der Waals surface area contributed by atoms with E-state index < -0.39 is 0 Å². The summed E-state index contributed by atoms with van der Waals surface area (Å²) in [7, 11) is 3.98. The van der Waals surface area contributed by atoms with Gasteiger partial charge in [-0.1, -0.05) is 6.08 Å². The summed E-state index contributed by atoms with van der Waals surface area (Å²) in [6, 6.07) is 4.00. The van der Waals surface area contributed by atoms with Gasteiger partial charge in [0.1, 0.15) is 0 Å². The zero-order chi connectivity index (χ0) is 14.4. The van der Waals surface area contributed by atoms with Crippen LogP contribution in [0.1, 0.15) is 0 Å². The summed E-state index contributed by atoms with van der Waals surface area (Å²) in [5.41, 5.74) is 1.13. The second-order valence-electron chi connectivity index (χ2n) is 5.19. The minimum Gasteiger partial charge on any atom is -0.367 e. The highest BCUT2D eigenvalue weighted by Gasteiger charge is 2.19. The maximum Gasteiger partial charge on any atom is 0.246 e. The van der Waals surface area contributed by atoms with Gasteiger partial charge in [0, 0.05) is 45.0 Å². The first-order chi connectivity index (χ1) is 9.66. The number of carbonyl (C=O) groups excluding carboxylic acids is 1. The van der Waals surface area contributed by atoms with E-state index in [0.717, 1.165) is 38.4 Å². The van der Waals surface area contributed by atoms with Crippen molar-refractivity contribution in [1.82, 2.24) is 14.8 Å². The standard InChI is InChI=1S/C15H22N4O/c1-17(2)8-4-6-15(20)19-11-9-18(10-12-19)14-5-3-7-16-13-14/h3-7,13H,8-12H2,1-2H3. The molecule has 1 saturated heterocycles. The van der Waals surface area contributed by atoms with E-state index in [-0.39, 0.29) is 5.91 Å². The van der Waals surface area contributed by atoms with Gasteiger partial charge in [-0.2, -0.15) is 0 Å². The fraction of sp³-hybridized carbons (Fsp3) is 0.467. The fourth-order valence-corrected chi connectivity index (χ4v) is 2.20. The molecule has 0 atom stereocenters. The SMILES string of the molecule is CN(C)CC=CC(=O)N1CCN(c2cccnc2)CC1. The van der Waals surface area contributed by atoms with E-state index in [1.165, 1.54) is 0 Å². The number of likely N-dealkylation sites (N-methyl/N-ethyl adjacent to an activating group) is 1. The van der Waals surface area contributed by atoms with Crippen LogP contribution in [0.5, 0.6) is 0 Å². The van der Waals surface area contributed by atoms with Crippen molar-refractivity contribution >= 4 is 11.6 Å². The quantitative estimate of drug-likeness (QED) is 0.763. The van der Waals surface area contributed by atoms with E-state index in [9.17, 15) is 4.79 Å². The van der Waals surface area contributed by atoms with Crippen LogP contribution in [0.15, 0.2) is 36.7 Å². The van der Waals surface area contributed by atoms with Crippen molar-refractivity contribution in [2.45, 2.75) is 0 Å². The summed E-state index contributed by atoms with van der Waals surface area (Å²) >= 11 is 0. The summed E-state index contributed by atoms with van der Waals surface area (Å²) in [4.78, 5) is 22.3. The largest absolute Gasteiger partial charge is 0.367 e. The summed E-state index contributed by atoms with van der Waals surface area (Å²) in [5.74, 6) is 0.109. The zero-order valence-electron chi connectivity index (χ0n) is 12.2. The average molecular weight is 274 g/mol. The molecular formula is C15H22N4O. The normalized spacial score (nSPS) is 16.1. The van der Waals surface area contributed by atoms with Crippen LogP contribution in [0.2, 0.25) is 0 Å². The van der Waals surface area contributed by atoms with Crippen molar-refractivity contribution in [2.24, 2.45) is 0 Å². The number of nitrogens with zero attached hydrogens (tertiary/aromatic N) is 4. The second kappa shape index (κ2) is 7.05. The van der Waals surface area contributed by atoms with Crippen LogP contribution in [0.3, 0.4) is 0 Å². The molecule has 0 N–H and O–H groups in total. The molecule has 0 aromatic carbocycles. The predicted octanol–water partition coefficient (Wildman–Crippen LogP) is 0.848. The lowest BCUT2D eigenvalue weighted by Crippen LogP contribution is -2.48. The number of aromatic nitrogens is 1. The van der Waals surface area contributed by atoms with E-state index in [0.29, 0.717) is 0 Å². The van der Waals surface area contributed by atoms with Crippen LogP contribution in [-0.2, 0) is 4.79 Å². The third kappa shape index (κ3) is 4.06. The number of amides is 1. The highest BCUT2D eigenvalue weighted by atomic mass is 16.2. The molecule has 1 aliphatic heterocycles. The van der Waals surface area contributed by atoms with E-state index in [1.54, 1.807) is 12.3 Å². The Morgan fingerprint density at radius 1 is 1.35 bits per heavy atom. The summed E-state index contributed by atoms with van der Waals surface area (Å²) in [6.07, 6.45) is 7.24. The van der Waals surface area contributed by atoms with Gasteiger partial charge in [-0.25, -0.2) is 0 Å². The Hall–Kier alpha value is -1.88. The molecule has 1 aromatic heterocycles. The number of hydrogen-bond acceptors (Lipinski definition) is 4. The van der Waals surface area contributed by atoms with Crippen molar-refractivity contribution in [1.29, 1.82) is 0 Å². The monoisotopic (exact) mass is 274 g/mol. The van der Waals surface area contributed by atoms with Crippen molar-refractivity contribution in [3.8, 4) is 0 Å². The van der Waals surface area contributed by atoms with Gasteiger partial charge in [0.15, 0.2) is 0 Å². The van der Waals surface area contributed by atoms with Gasteiger partial charge in [-0.05, 0) is 26.2 Å². The molecular weight excluding hydrogens is 252 g/mol. The Labute approximate surface area is 120 Å². The Morgan fingerprint density at radius 3 is 2.70 bits per heavy atom. The highest BCUT2D eigenvalue weighted by molar-refractivity contribution is 5.87. The summed E-state index contributed by atoms with van der Waals surface area (Å²) in [5, 5.41) is 0. The molecule has 1 aliphatic rings. The number of rotatable bonds is 4. The molecule has 2 heterocycles. The Bertz CT molecular complexity index is 450. The van der Waals surface area contributed by atoms with E-state index in [1.807, 2.05) is 42.2 Å². The number of anilines is 1. The van der Waals surface area contributed by atoms with Crippen LogP contribution in [0, 0.1) is 0 Å². The molecule has 0 saturated carbocycles. The van der Waals surface area contributed by atoms with Crippen LogP contribution in [0.25, 0.3) is 0 Å². The summed E-state index contributed by atoms with van der Waals surface area (Å²) < 4.78 is 0. The van der Waals surface area contributed by atoms with Crippen LogP contribution >= 0.6 is 0 Å². The first-order valence-electron chi connectivity index (χ1n) is 6.92. The maximum atomic E-state index is 12.0. The molecule has 0 spiro atoms. The average Bonchev–Trinajstić information content (AvgIpc) is 2.48. The minimum absolute atomic E-state index is 0.109. The highest BCUT2D eigenvalue weighted by Crippen LogP contribution is 2.14. The van der Waals surface area contributed by atoms with Crippen molar-refractivity contribution in [3.63, 3.8) is 0 Å². The third-order valence-corrected chi connectivity index (χ3v) is 3.33. The number of carbonyl (C=O) groups is 1. The van der Waals surface area contributed by atoms with Gasteiger partial charge in [-0.3, -0.25) is 9.78 Å². The van der Waals surface area contributed by atoms with Gasteiger partial charge < -0.3 is 14.7 Å². The third-order valence-electron chi connectivity index (χ3n) is 3.33. The molecule has 1 aromatic rings. The molecule has 0 aliphatic carbocycles. The number of hydrogen-bond donors (Lipinski definition) is 0. The molecule has 108 valence electrons. The van der Waals surface area contributed by atoms with Crippen molar-refractivity contribution < 1.29 is 4.79 Å². The molecule has 0 bridgehead atoms. The smallest absolute Gasteiger partial charge is 0.246 e. The first kappa shape index (κ1) is 14.5. The van der Waals surface area contributed by atoms with Crippen LogP contribution in [0.4, 0.5) is 5.69 Å². The van der Waals surface area contributed by atoms with Gasteiger partial charge in [0.2, 0.25) is 5.91 Å². The molecule has 1 amide bonds. The lowest BCUT2D eigenvalue weighted by atomic mass is 10.2. The Morgan fingerprint density at radius 2 is 2.10 bits per heavy atom. The Balaban J connectivity index is 1.82. The predicted molar refractivity (Wildman–Crippen MR) is 80.7 cm³/mol. The van der Waals surface area contributed by atoms with Crippen molar-refractivity contribution in [2.75, 3.05) is 51.7 Å². The number of pyridine rings is 1. The second-order valence-corrected chi connectivity index (χ2v) is 5.19. The van der Waals surface area contributed by atoms with E-state index in [2.05, 4.69) is 16.0 Å². The molecule has 2 rings (SSSR count). The topological polar surface area (TPSA) is 39.7 Å². The van der Waals surface area contributed by atoms with Gasteiger partial charge >= 0.3 is 0 Å². The fourth-order valence-electron chi connectivity index (χ4n) is 2.20. The lowest BCUT2D eigenvalue weighted by Gasteiger charge is -2.35. The van der Waals surface area contributed by atoms with Gasteiger partial charge in [-0.15, -0.1) is 0 Å². The summed E-state index contributed by atoms with van der Waals surface area (Å²) in [6.45, 7) is 4.04. The van der Waals surface area contributed by atoms with Crippen LogP contribution in [-0.4, -0.2) is 67.5 Å². The van der Waals surface area contributed by atoms with Gasteiger partial charge in [0.25, 0.3) is 0 Å². The molecule has 0 radical (unpaired) electrons. The first-order valence-corrected chi connectivity index (χ1v) is 6.92. The lowest BCUT2D eigenvalue weighted by molar-refractivity contribution is -0.126. The van der Waals surface area contributed by atoms with E-state index >= 15 is 0 Å². The molecule has 5 nitrogen and oxygen atoms in total. The Kier molecular flexibility index (Phi) is 5.12. The minimum atomic E-state index is 0.109. The molecule has 1 fully saturated rings.